The van der Waals surface area contributed by atoms with Crippen LogP contribution in [0.1, 0.15) is 18.0 Å². The summed E-state index contributed by atoms with van der Waals surface area (Å²) in [6, 6.07) is 0.899. The van der Waals surface area contributed by atoms with Crippen LogP contribution in [0.3, 0.4) is 0 Å². The van der Waals surface area contributed by atoms with Crippen molar-refractivity contribution < 1.29 is 19.0 Å². The van der Waals surface area contributed by atoms with Gasteiger partial charge in [-0.3, -0.25) is 10.2 Å². The minimum Gasteiger partial charge on any atom is -0.476 e. The van der Waals surface area contributed by atoms with Crippen LogP contribution in [-0.2, 0) is 4.79 Å². The van der Waals surface area contributed by atoms with Crippen LogP contribution in [0.5, 0.6) is 5.88 Å². The van der Waals surface area contributed by atoms with E-state index in [2.05, 4.69) is 20.6 Å². The first-order valence-electron chi connectivity index (χ1n) is 9.05. The summed E-state index contributed by atoms with van der Waals surface area (Å²) in [6.45, 7) is 0.441. The Morgan fingerprint density at radius 3 is 3.10 bits per heavy atom. The number of carbonyl (C=O) groups is 1. The second-order valence-corrected chi connectivity index (χ2v) is 6.79. The number of nitrogens with one attached hydrogen (secondary N) is 3. The van der Waals surface area contributed by atoms with Crippen LogP contribution >= 0.6 is 0 Å². The first kappa shape index (κ1) is 18.9. The van der Waals surface area contributed by atoms with Gasteiger partial charge in [0.1, 0.15) is 35.5 Å². The van der Waals surface area contributed by atoms with Crippen LogP contribution in [0.25, 0.3) is 0 Å². The third-order valence-electron chi connectivity index (χ3n) is 4.82. The number of aliphatic imine (C=N–C) groups is 1. The van der Waals surface area contributed by atoms with Crippen LogP contribution < -0.4 is 21.1 Å². The van der Waals surface area contributed by atoms with Crippen LogP contribution in [0.4, 0.5) is 4.39 Å². The number of hydrogen-bond donors (Lipinski definition) is 5. The van der Waals surface area contributed by atoms with E-state index in [0.717, 1.165) is 6.20 Å². The van der Waals surface area contributed by atoms with E-state index < -0.39 is 29.7 Å². The smallest absolute Gasteiger partial charge is 0.258 e. The Morgan fingerprint density at radius 2 is 2.31 bits per heavy atom. The molecule has 2 atom stereocenters. The van der Waals surface area contributed by atoms with E-state index in [1.54, 1.807) is 17.2 Å². The molecule has 0 unspecified atom stereocenters. The highest BCUT2D eigenvalue weighted by atomic mass is 19.1. The minimum absolute atomic E-state index is 0.0759. The Bertz CT molecular complexity index is 959. The van der Waals surface area contributed by atoms with Crippen LogP contribution in [-0.4, -0.2) is 58.4 Å². The van der Waals surface area contributed by atoms with E-state index in [-0.39, 0.29) is 37.0 Å². The summed E-state index contributed by atoms with van der Waals surface area (Å²) in [5.74, 6) is -0.765. The number of amides is 1. The average Bonchev–Trinajstić information content (AvgIpc) is 3.07. The zero-order valence-electron chi connectivity index (χ0n) is 15.4. The molecule has 1 saturated heterocycles. The Morgan fingerprint density at radius 1 is 1.48 bits per heavy atom. The second kappa shape index (κ2) is 7.51. The Kier molecular flexibility index (Phi) is 4.89. The van der Waals surface area contributed by atoms with Crippen molar-refractivity contribution in [1.29, 1.82) is 5.41 Å². The lowest BCUT2D eigenvalue weighted by Crippen LogP contribution is -2.37. The minimum atomic E-state index is -0.669. The number of aliphatic hydroxyl groups excluding tert-OH is 1. The van der Waals surface area contributed by atoms with E-state index in [9.17, 15) is 14.3 Å². The highest BCUT2D eigenvalue weighted by Crippen LogP contribution is 2.37. The van der Waals surface area contributed by atoms with Crippen molar-refractivity contribution in [1.82, 2.24) is 20.5 Å². The number of nitrogens with zero attached hydrogens (tertiary/aromatic N) is 3. The van der Waals surface area contributed by atoms with Gasteiger partial charge >= 0.3 is 0 Å². The monoisotopic (exact) mass is 401 g/mol. The molecule has 3 aliphatic heterocycles. The highest BCUT2D eigenvalue weighted by molar-refractivity contribution is 6.19. The number of hydrogen-bond acceptors (Lipinski definition) is 8. The summed E-state index contributed by atoms with van der Waals surface area (Å²) in [5, 5.41) is 23.5. The molecule has 11 heteroatoms. The molecule has 1 aromatic rings. The zero-order valence-corrected chi connectivity index (χ0v) is 15.4. The lowest BCUT2D eigenvalue weighted by molar-refractivity contribution is -0.117. The lowest BCUT2D eigenvalue weighted by atomic mass is 10.0. The van der Waals surface area contributed by atoms with Gasteiger partial charge in [-0.1, -0.05) is 0 Å². The van der Waals surface area contributed by atoms with Gasteiger partial charge < -0.3 is 31.1 Å². The van der Waals surface area contributed by atoms with Crippen LogP contribution in [0.2, 0.25) is 0 Å². The molecule has 2 bridgehead atoms. The van der Waals surface area contributed by atoms with Crippen molar-refractivity contribution in [2.24, 2.45) is 10.7 Å². The van der Waals surface area contributed by atoms with Gasteiger partial charge in [0.05, 0.1) is 24.9 Å². The summed E-state index contributed by atoms with van der Waals surface area (Å²) in [6.07, 6.45) is 3.95. The van der Waals surface area contributed by atoms with Gasteiger partial charge in [0, 0.05) is 18.3 Å². The molecular formula is C18H20FN7O3. The zero-order chi connectivity index (χ0) is 20.5. The average molecular weight is 401 g/mol. The maximum absolute atomic E-state index is 14.0. The first-order valence-corrected chi connectivity index (χ1v) is 9.05. The van der Waals surface area contributed by atoms with E-state index >= 15 is 0 Å². The van der Waals surface area contributed by atoms with Crippen molar-refractivity contribution >= 4 is 17.6 Å². The first-order chi connectivity index (χ1) is 13.9. The number of fused-ring (bicyclic) bond motifs is 5. The molecular weight excluding hydrogens is 381 g/mol. The molecule has 0 aromatic carbocycles. The fourth-order valence-electron chi connectivity index (χ4n) is 3.59. The fraction of sp³-hybridized carbons (Fsp3) is 0.333. The molecule has 1 fully saturated rings. The third-order valence-corrected chi connectivity index (χ3v) is 4.82. The molecule has 0 radical (unpaired) electrons. The van der Waals surface area contributed by atoms with Crippen LogP contribution in [0, 0.1) is 11.2 Å². The summed E-state index contributed by atoms with van der Waals surface area (Å²) < 4.78 is 19.6. The quantitative estimate of drug-likeness (QED) is 0.315. The summed E-state index contributed by atoms with van der Waals surface area (Å²) in [7, 11) is 0. The normalized spacial score (nSPS) is 26.5. The number of pyridine rings is 1. The standard InChI is InChI=1S/C18H20FN7O3/c19-9-5-11-12-6-10(27)8-26(12)13-1-2-22-16(25-13)14(15(20)21)17(28)23-3-4-29-18(11)24-7-9/h1-2,5,7,10,12,22,27H,3-4,6,8H2,(H3,20,21)(H,23,28)/b16-14-/t10-,12-/m1/s1. The summed E-state index contributed by atoms with van der Waals surface area (Å²) >= 11 is 0. The van der Waals surface area contributed by atoms with E-state index in [1.807, 2.05) is 0 Å². The summed E-state index contributed by atoms with van der Waals surface area (Å²) in [4.78, 5) is 22.8. The molecule has 1 amide bonds. The van der Waals surface area contributed by atoms with Gasteiger partial charge in [-0.15, -0.1) is 0 Å². The van der Waals surface area contributed by atoms with Crippen molar-refractivity contribution in [3.05, 3.63) is 47.3 Å². The van der Waals surface area contributed by atoms with Gasteiger partial charge in [-0.25, -0.2) is 14.4 Å². The number of halogens is 1. The third kappa shape index (κ3) is 3.63. The molecule has 0 aliphatic carbocycles. The van der Waals surface area contributed by atoms with E-state index in [1.165, 1.54) is 6.07 Å². The van der Waals surface area contributed by atoms with Gasteiger partial charge in [0.25, 0.3) is 5.91 Å². The maximum atomic E-state index is 14.0. The fourth-order valence-corrected chi connectivity index (χ4v) is 3.59. The molecule has 6 N–H and O–H groups in total. The topological polar surface area (TPSA) is 149 Å². The van der Waals surface area contributed by atoms with E-state index in [0.29, 0.717) is 17.8 Å². The molecule has 4 rings (SSSR count). The number of ether oxygens (including phenoxy) is 1. The number of aromatic nitrogens is 1. The second-order valence-electron chi connectivity index (χ2n) is 6.79. The molecule has 0 saturated carbocycles. The predicted octanol–water partition coefficient (Wildman–Crippen LogP) is -0.500. The molecule has 4 heterocycles. The largest absolute Gasteiger partial charge is 0.476 e. The SMILES string of the molecule is N=C(N)/C1=C2/N=C(C=CN2)N2C[C@H](O)C[C@@H]2c2cc(F)cnc2OCCNC1=O. The van der Waals surface area contributed by atoms with Crippen molar-refractivity contribution in [3.8, 4) is 5.88 Å². The highest BCUT2D eigenvalue weighted by Gasteiger charge is 2.37. The maximum Gasteiger partial charge on any atom is 0.258 e. The van der Waals surface area contributed by atoms with Crippen molar-refractivity contribution in [2.75, 3.05) is 19.7 Å². The van der Waals surface area contributed by atoms with Crippen molar-refractivity contribution in [3.63, 3.8) is 0 Å². The van der Waals surface area contributed by atoms with Crippen molar-refractivity contribution in [2.45, 2.75) is 18.6 Å². The molecule has 1 aromatic heterocycles. The molecule has 29 heavy (non-hydrogen) atoms. The number of rotatable bonds is 1. The Hall–Kier alpha value is -3.47. The number of carbonyl (C=O) groups excluding carboxylic acids is 1. The summed E-state index contributed by atoms with van der Waals surface area (Å²) in [5.41, 5.74) is 5.99. The van der Waals surface area contributed by atoms with Crippen LogP contribution in [0.15, 0.2) is 40.9 Å². The molecule has 10 nitrogen and oxygen atoms in total. The molecule has 3 aliphatic rings. The van der Waals surface area contributed by atoms with E-state index in [4.69, 9.17) is 15.9 Å². The van der Waals surface area contributed by atoms with Gasteiger partial charge in [-0.2, -0.15) is 0 Å². The Labute approximate surface area is 165 Å². The van der Waals surface area contributed by atoms with Gasteiger partial charge in [0.2, 0.25) is 5.88 Å². The van der Waals surface area contributed by atoms with Gasteiger partial charge in [0.15, 0.2) is 0 Å². The number of nitrogens with two attached hydrogens (primary N) is 1. The molecule has 0 spiro atoms. The van der Waals surface area contributed by atoms with Gasteiger partial charge in [-0.05, 0) is 18.6 Å². The number of aliphatic hydroxyl groups is 1. The lowest BCUT2D eigenvalue weighted by Gasteiger charge is -2.29. The molecule has 152 valence electrons. The Balaban J connectivity index is 1.85. The predicted molar refractivity (Wildman–Crippen MR) is 101 cm³/mol. The number of amidine groups is 2.